The number of aromatic nitrogens is 2. The van der Waals surface area contributed by atoms with Crippen molar-refractivity contribution < 1.29 is 13.9 Å². The van der Waals surface area contributed by atoms with Gasteiger partial charge in [-0.25, -0.2) is 19.2 Å². The molecule has 1 aliphatic heterocycles. The molecule has 1 aromatic heterocycles. The topological polar surface area (TPSA) is 58.6 Å². The summed E-state index contributed by atoms with van der Waals surface area (Å²) in [4.78, 5) is 23.8. The van der Waals surface area contributed by atoms with Crippen LogP contribution in [0.4, 0.5) is 15.0 Å². The quantitative estimate of drug-likeness (QED) is 0.848. The fourth-order valence-electron chi connectivity index (χ4n) is 2.82. The van der Waals surface area contributed by atoms with Crippen LogP contribution in [0.15, 0.2) is 6.33 Å². The molecular weight excluding hydrogens is 311 g/mol. The fourth-order valence-corrected chi connectivity index (χ4v) is 2.82. The molecule has 0 bridgehead atoms. The number of anilines is 1. The number of aryl methyl sites for hydroxylation is 1. The van der Waals surface area contributed by atoms with E-state index in [1.807, 2.05) is 39.6 Å². The second-order valence-electron chi connectivity index (χ2n) is 7.12. The zero-order valence-electron chi connectivity index (χ0n) is 15.2. The molecule has 2 rings (SSSR count). The Morgan fingerprint density at radius 3 is 2.54 bits per heavy atom. The lowest BCUT2D eigenvalue weighted by atomic mass is 10.0. The van der Waals surface area contributed by atoms with Crippen LogP contribution in [0.3, 0.4) is 0 Å². The molecule has 6 nitrogen and oxygen atoms in total. The van der Waals surface area contributed by atoms with Crippen molar-refractivity contribution in [3.63, 3.8) is 0 Å². The molecular formula is C17H27FN4O2. The molecule has 134 valence electrons. The normalized spacial score (nSPS) is 16.2. The highest BCUT2D eigenvalue weighted by molar-refractivity contribution is 5.68. The Morgan fingerprint density at radius 1 is 1.38 bits per heavy atom. The van der Waals surface area contributed by atoms with E-state index in [-0.39, 0.29) is 18.0 Å². The van der Waals surface area contributed by atoms with Crippen LogP contribution in [0, 0.1) is 5.82 Å². The number of amides is 1. The number of carbonyl (C=O) groups is 1. The molecule has 24 heavy (non-hydrogen) atoms. The van der Waals surface area contributed by atoms with Crippen LogP contribution in [0.2, 0.25) is 0 Å². The molecule has 1 aliphatic rings. The van der Waals surface area contributed by atoms with Gasteiger partial charge in [-0.3, -0.25) is 0 Å². The molecule has 0 atom stereocenters. The van der Waals surface area contributed by atoms with E-state index in [4.69, 9.17) is 4.74 Å². The zero-order valence-corrected chi connectivity index (χ0v) is 15.2. The maximum atomic E-state index is 14.4. The molecule has 0 N–H and O–H groups in total. The standard InChI is InChI=1S/C17H27FN4O2/c1-6-13-14(18)15(20-11-19-13)21(5)12-7-9-22(10-8-12)16(23)24-17(2,3)4/h11-12H,6-10H2,1-5H3. The van der Waals surface area contributed by atoms with E-state index >= 15 is 0 Å². The van der Waals surface area contributed by atoms with Crippen LogP contribution in [-0.2, 0) is 11.2 Å². The number of halogens is 1. The Hall–Kier alpha value is -1.92. The third kappa shape index (κ3) is 4.33. The van der Waals surface area contributed by atoms with Crippen LogP contribution < -0.4 is 4.90 Å². The van der Waals surface area contributed by atoms with E-state index in [0.717, 1.165) is 12.8 Å². The van der Waals surface area contributed by atoms with Gasteiger partial charge in [-0.05, 0) is 40.0 Å². The summed E-state index contributed by atoms with van der Waals surface area (Å²) in [6.45, 7) is 8.63. The summed E-state index contributed by atoms with van der Waals surface area (Å²) in [5.41, 5.74) is -0.0659. The summed E-state index contributed by atoms with van der Waals surface area (Å²) in [6.07, 6.45) is 3.15. The predicted octanol–water partition coefficient (Wildman–Crippen LogP) is 3.01. The monoisotopic (exact) mass is 338 g/mol. The van der Waals surface area contributed by atoms with Crippen LogP contribution >= 0.6 is 0 Å². The Kier molecular flexibility index (Phi) is 5.62. The van der Waals surface area contributed by atoms with Crippen LogP contribution in [0.5, 0.6) is 0 Å². The molecule has 0 saturated carbocycles. The molecule has 1 fully saturated rings. The highest BCUT2D eigenvalue weighted by Gasteiger charge is 2.30. The summed E-state index contributed by atoms with van der Waals surface area (Å²) in [5, 5.41) is 0. The molecule has 2 heterocycles. The van der Waals surface area contributed by atoms with Crippen LogP contribution in [0.1, 0.15) is 46.2 Å². The predicted molar refractivity (Wildman–Crippen MR) is 90.6 cm³/mol. The van der Waals surface area contributed by atoms with Crippen LogP contribution in [-0.4, -0.2) is 52.7 Å². The minimum absolute atomic E-state index is 0.137. The van der Waals surface area contributed by atoms with Crippen molar-refractivity contribution >= 4 is 11.9 Å². The third-order valence-corrected chi connectivity index (χ3v) is 4.18. The number of hydrogen-bond acceptors (Lipinski definition) is 5. The minimum atomic E-state index is -0.495. The second-order valence-corrected chi connectivity index (χ2v) is 7.12. The van der Waals surface area contributed by atoms with Crippen LogP contribution in [0.25, 0.3) is 0 Å². The van der Waals surface area contributed by atoms with E-state index in [1.165, 1.54) is 6.33 Å². The summed E-state index contributed by atoms with van der Waals surface area (Å²) >= 11 is 0. The Labute approximate surface area is 143 Å². The van der Waals surface area contributed by atoms with Crippen molar-refractivity contribution in [2.75, 3.05) is 25.0 Å². The zero-order chi connectivity index (χ0) is 17.9. The lowest BCUT2D eigenvalue weighted by Gasteiger charge is -2.37. The van der Waals surface area contributed by atoms with Crippen molar-refractivity contribution in [2.45, 2.75) is 58.6 Å². The first-order valence-electron chi connectivity index (χ1n) is 8.43. The minimum Gasteiger partial charge on any atom is -0.444 e. The molecule has 1 aromatic rings. The summed E-state index contributed by atoms with van der Waals surface area (Å²) < 4.78 is 19.8. The third-order valence-electron chi connectivity index (χ3n) is 4.18. The number of rotatable bonds is 3. The van der Waals surface area contributed by atoms with E-state index in [9.17, 15) is 9.18 Å². The van der Waals surface area contributed by atoms with Gasteiger partial charge in [0.1, 0.15) is 11.9 Å². The highest BCUT2D eigenvalue weighted by atomic mass is 19.1. The van der Waals surface area contributed by atoms with E-state index in [1.54, 1.807) is 4.90 Å². The fraction of sp³-hybridized carbons (Fsp3) is 0.706. The first-order chi connectivity index (χ1) is 11.2. The smallest absolute Gasteiger partial charge is 0.410 e. The van der Waals surface area contributed by atoms with Gasteiger partial charge in [-0.2, -0.15) is 0 Å². The van der Waals surface area contributed by atoms with Gasteiger partial charge in [-0.1, -0.05) is 6.92 Å². The molecule has 0 radical (unpaired) electrons. The van der Waals surface area contributed by atoms with E-state index in [0.29, 0.717) is 31.0 Å². The largest absolute Gasteiger partial charge is 0.444 e. The Bertz CT molecular complexity index is 580. The number of piperidine rings is 1. The molecule has 1 amide bonds. The van der Waals surface area contributed by atoms with Gasteiger partial charge >= 0.3 is 6.09 Å². The summed E-state index contributed by atoms with van der Waals surface area (Å²) in [6, 6.07) is 0.137. The van der Waals surface area contributed by atoms with Gasteiger partial charge < -0.3 is 14.5 Å². The van der Waals surface area contributed by atoms with Crippen molar-refractivity contribution in [3.8, 4) is 0 Å². The number of likely N-dealkylation sites (tertiary alicyclic amines) is 1. The van der Waals surface area contributed by atoms with Gasteiger partial charge in [0, 0.05) is 26.2 Å². The lowest BCUT2D eigenvalue weighted by molar-refractivity contribution is 0.0205. The number of hydrogen-bond donors (Lipinski definition) is 0. The second kappa shape index (κ2) is 7.32. The highest BCUT2D eigenvalue weighted by Crippen LogP contribution is 2.24. The van der Waals surface area contributed by atoms with Gasteiger partial charge in [0.05, 0.1) is 5.69 Å². The Balaban J connectivity index is 1.98. The average Bonchev–Trinajstić information content (AvgIpc) is 2.53. The molecule has 0 aliphatic carbocycles. The van der Waals surface area contributed by atoms with Crippen molar-refractivity contribution in [1.29, 1.82) is 0 Å². The summed E-state index contributed by atoms with van der Waals surface area (Å²) in [5.74, 6) is -0.0189. The van der Waals surface area contributed by atoms with Gasteiger partial charge in [0.15, 0.2) is 11.6 Å². The molecule has 1 saturated heterocycles. The van der Waals surface area contributed by atoms with E-state index in [2.05, 4.69) is 9.97 Å². The van der Waals surface area contributed by atoms with Crippen molar-refractivity contribution in [3.05, 3.63) is 17.8 Å². The lowest BCUT2D eigenvalue weighted by Crippen LogP contribution is -2.47. The van der Waals surface area contributed by atoms with Crippen molar-refractivity contribution in [1.82, 2.24) is 14.9 Å². The summed E-state index contributed by atoms with van der Waals surface area (Å²) in [7, 11) is 1.85. The molecule has 0 aromatic carbocycles. The first-order valence-corrected chi connectivity index (χ1v) is 8.43. The van der Waals surface area contributed by atoms with E-state index < -0.39 is 5.60 Å². The molecule has 7 heteroatoms. The number of nitrogens with zero attached hydrogens (tertiary/aromatic N) is 4. The molecule has 0 unspecified atom stereocenters. The number of ether oxygens (including phenoxy) is 1. The first kappa shape index (κ1) is 18.4. The van der Waals surface area contributed by atoms with Crippen molar-refractivity contribution in [2.24, 2.45) is 0 Å². The SMILES string of the molecule is CCc1ncnc(N(C)C2CCN(C(=O)OC(C)(C)C)CC2)c1F. The Morgan fingerprint density at radius 2 is 2.00 bits per heavy atom. The van der Waals surface area contributed by atoms with Gasteiger partial charge in [-0.15, -0.1) is 0 Å². The maximum absolute atomic E-state index is 14.4. The van der Waals surface area contributed by atoms with Gasteiger partial charge in [0.2, 0.25) is 0 Å². The molecule has 0 spiro atoms. The van der Waals surface area contributed by atoms with Gasteiger partial charge in [0.25, 0.3) is 0 Å². The number of carbonyl (C=O) groups excluding carboxylic acids is 1. The average molecular weight is 338 g/mol. The maximum Gasteiger partial charge on any atom is 0.410 e.